The van der Waals surface area contributed by atoms with Crippen molar-refractivity contribution >= 4 is 28.0 Å². The van der Waals surface area contributed by atoms with Gasteiger partial charge in [-0.05, 0) is 43.4 Å². The van der Waals surface area contributed by atoms with Crippen molar-refractivity contribution in [2.24, 2.45) is 0 Å². The molecule has 1 aliphatic carbocycles. The third-order valence-electron chi connectivity index (χ3n) is 5.19. The number of nitrogens with zero attached hydrogens (tertiary/aromatic N) is 1. The summed E-state index contributed by atoms with van der Waals surface area (Å²) in [5, 5.41) is 16.4. The molecule has 0 radical (unpaired) electrons. The molecule has 6 heteroatoms. The van der Waals surface area contributed by atoms with E-state index in [2.05, 4.69) is 16.7 Å². The third-order valence-corrected chi connectivity index (χ3v) is 6.41. The van der Waals surface area contributed by atoms with Gasteiger partial charge in [-0.2, -0.15) is 5.26 Å². The zero-order chi connectivity index (χ0) is 20.9. The van der Waals surface area contributed by atoms with Gasteiger partial charge in [0, 0.05) is 16.0 Å². The highest BCUT2D eigenvalue weighted by Crippen LogP contribution is 2.38. The summed E-state index contributed by atoms with van der Waals surface area (Å²) in [5.74, 6) is -0.604. The van der Waals surface area contributed by atoms with Gasteiger partial charge in [0.1, 0.15) is 11.1 Å². The van der Waals surface area contributed by atoms with Crippen LogP contribution in [0.25, 0.3) is 0 Å². The van der Waals surface area contributed by atoms with Crippen LogP contribution in [-0.4, -0.2) is 17.9 Å². The van der Waals surface area contributed by atoms with E-state index < -0.39 is 6.17 Å². The molecule has 4 rings (SSSR count). The Hall–Kier alpha value is -3.43. The molecule has 0 saturated heterocycles. The Morgan fingerprint density at radius 2 is 1.57 bits per heavy atom. The van der Waals surface area contributed by atoms with Gasteiger partial charge in [0.15, 0.2) is 6.17 Å². The van der Waals surface area contributed by atoms with Crippen LogP contribution in [0.1, 0.15) is 49.6 Å². The number of benzene rings is 2. The summed E-state index contributed by atoms with van der Waals surface area (Å²) in [6, 6.07) is 19.9. The van der Waals surface area contributed by atoms with E-state index in [1.807, 2.05) is 12.1 Å². The van der Waals surface area contributed by atoms with Crippen LogP contribution < -0.4 is 10.6 Å². The first-order valence-electron chi connectivity index (χ1n) is 9.93. The van der Waals surface area contributed by atoms with Gasteiger partial charge in [-0.3, -0.25) is 9.59 Å². The van der Waals surface area contributed by atoms with Gasteiger partial charge in [0.05, 0.1) is 5.56 Å². The molecule has 0 aliphatic heterocycles. The summed E-state index contributed by atoms with van der Waals surface area (Å²) >= 11 is 1.51. The lowest BCUT2D eigenvalue weighted by atomic mass is 9.96. The van der Waals surface area contributed by atoms with Gasteiger partial charge >= 0.3 is 0 Å². The number of carbonyl (C=O) groups is 2. The van der Waals surface area contributed by atoms with Crippen LogP contribution >= 0.6 is 11.3 Å². The minimum absolute atomic E-state index is 0.254. The maximum absolute atomic E-state index is 13.2. The first-order valence-corrected chi connectivity index (χ1v) is 10.8. The first kappa shape index (κ1) is 19.9. The normalized spacial score (nSPS) is 13.6. The summed E-state index contributed by atoms with van der Waals surface area (Å²) in [4.78, 5) is 27.2. The van der Waals surface area contributed by atoms with Crippen LogP contribution in [-0.2, 0) is 12.8 Å². The Balaban J connectivity index is 1.66. The summed E-state index contributed by atoms with van der Waals surface area (Å²) in [5.41, 5.74) is 2.63. The van der Waals surface area contributed by atoms with Crippen LogP contribution in [0.4, 0.5) is 5.00 Å². The predicted molar refractivity (Wildman–Crippen MR) is 118 cm³/mol. The number of nitriles is 1. The van der Waals surface area contributed by atoms with Gasteiger partial charge in [-0.1, -0.05) is 48.5 Å². The highest BCUT2D eigenvalue weighted by molar-refractivity contribution is 7.16. The molecular formula is C24H21N3O2S. The fraction of sp³-hybridized carbons (Fsp3) is 0.208. The van der Waals surface area contributed by atoms with Crippen LogP contribution in [0.15, 0.2) is 60.7 Å². The van der Waals surface area contributed by atoms with Crippen LogP contribution in [0.5, 0.6) is 0 Å². The molecule has 150 valence electrons. The highest BCUT2D eigenvalue weighted by Gasteiger charge is 2.27. The smallest absolute Gasteiger partial charge is 0.253 e. The molecular weight excluding hydrogens is 394 g/mol. The number of rotatable bonds is 6. The number of ketones is 1. The van der Waals surface area contributed by atoms with Crippen molar-refractivity contribution < 1.29 is 9.59 Å². The third kappa shape index (κ3) is 4.12. The van der Waals surface area contributed by atoms with E-state index in [4.69, 9.17) is 0 Å². The Kier molecular flexibility index (Phi) is 5.92. The van der Waals surface area contributed by atoms with E-state index >= 15 is 0 Å². The summed E-state index contributed by atoms with van der Waals surface area (Å²) < 4.78 is 0. The number of fused-ring (bicyclic) bond motifs is 1. The average molecular weight is 416 g/mol. The second-order valence-electron chi connectivity index (χ2n) is 7.17. The number of hydrogen-bond acceptors (Lipinski definition) is 5. The number of aryl methyl sites for hydroxylation is 1. The van der Waals surface area contributed by atoms with Gasteiger partial charge in [-0.15, -0.1) is 11.3 Å². The molecule has 5 nitrogen and oxygen atoms in total. The lowest BCUT2D eigenvalue weighted by Gasteiger charge is -2.20. The molecule has 0 saturated carbocycles. The Morgan fingerprint density at radius 1 is 0.933 bits per heavy atom. The number of carbonyl (C=O) groups excluding carboxylic acids is 2. The number of amides is 1. The monoisotopic (exact) mass is 415 g/mol. The molecule has 0 fully saturated rings. The second-order valence-corrected chi connectivity index (χ2v) is 8.28. The van der Waals surface area contributed by atoms with Crippen molar-refractivity contribution in [1.82, 2.24) is 5.32 Å². The predicted octanol–water partition coefficient (Wildman–Crippen LogP) is 4.55. The molecule has 2 aromatic carbocycles. The highest BCUT2D eigenvalue weighted by atomic mass is 32.1. The van der Waals surface area contributed by atoms with E-state index in [-0.39, 0.29) is 11.7 Å². The zero-order valence-electron chi connectivity index (χ0n) is 16.4. The number of hydrogen-bond donors (Lipinski definition) is 2. The molecule has 1 amide bonds. The van der Waals surface area contributed by atoms with E-state index in [1.165, 1.54) is 16.2 Å². The summed E-state index contributed by atoms with van der Waals surface area (Å²) in [6.45, 7) is 0. The maximum atomic E-state index is 13.2. The van der Waals surface area contributed by atoms with Gasteiger partial charge in [0.25, 0.3) is 5.91 Å². The fourth-order valence-electron chi connectivity index (χ4n) is 3.66. The fourth-order valence-corrected chi connectivity index (χ4v) is 4.92. The van der Waals surface area contributed by atoms with E-state index in [1.54, 1.807) is 48.5 Å². The van der Waals surface area contributed by atoms with E-state index in [0.717, 1.165) is 31.2 Å². The van der Waals surface area contributed by atoms with E-state index in [9.17, 15) is 14.9 Å². The molecule has 3 aromatic rings. The van der Waals surface area contributed by atoms with Crippen molar-refractivity contribution in [2.75, 3.05) is 5.32 Å². The number of thiophene rings is 1. The van der Waals surface area contributed by atoms with Gasteiger partial charge in [0.2, 0.25) is 5.78 Å². The SMILES string of the molecule is N#Cc1c(NC(NC(=O)c2ccccc2)C(=O)c2ccccc2)sc2c1CCCC2. The van der Waals surface area contributed by atoms with Crippen LogP contribution in [0.2, 0.25) is 0 Å². The van der Waals surface area contributed by atoms with Crippen LogP contribution in [0.3, 0.4) is 0 Å². The quantitative estimate of drug-likeness (QED) is 0.457. The topological polar surface area (TPSA) is 82.0 Å². The zero-order valence-corrected chi connectivity index (χ0v) is 17.2. The van der Waals surface area contributed by atoms with Crippen molar-refractivity contribution in [3.8, 4) is 6.07 Å². The maximum Gasteiger partial charge on any atom is 0.253 e. The van der Waals surface area contributed by atoms with Crippen molar-refractivity contribution in [2.45, 2.75) is 31.8 Å². The minimum Gasteiger partial charge on any atom is -0.349 e. The molecule has 30 heavy (non-hydrogen) atoms. The molecule has 1 heterocycles. The molecule has 1 unspecified atom stereocenters. The van der Waals surface area contributed by atoms with Crippen molar-refractivity contribution in [3.05, 3.63) is 87.8 Å². The Morgan fingerprint density at radius 3 is 2.23 bits per heavy atom. The molecule has 2 N–H and O–H groups in total. The lowest BCUT2D eigenvalue weighted by Crippen LogP contribution is -2.46. The van der Waals surface area contributed by atoms with E-state index in [0.29, 0.717) is 21.7 Å². The molecule has 0 spiro atoms. The molecule has 0 bridgehead atoms. The minimum atomic E-state index is -0.979. The molecule has 1 aromatic heterocycles. The summed E-state index contributed by atoms with van der Waals surface area (Å²) in [6.07, 6.45) is 3.02. The lowest BCUT2D eigenvalue weighted by molar-refractivity contribution is 0.0869. The Labute approximate surface area is 179 Å². The largest absolute Gasteiger partial charge is 0.349 e. The summed E-state index contributed by atoms with van der Waals surface area (Å²) in [7, 11) is 0. The number of anilines is 1. The number of nitrogens with one attached hydrogen (secondary N) is 2. The second kappa shape index (κ2) is 8.93. The molecule has 1 atom stereocenters. The van der Waals surface area contributed by atoms with Gasteiger partial charge in [-0.25, -0.2) is 0 Å². The van der Waals surface area contributed by atoms with Gasteiger partial charge < -0.3 is 10.6 Å². The van der Waals surface area contributed by atoms with Crippen LogP contribution in [0, 0.1) is 11.3 Å². The van der Waals surface area contributed by atoms with Crippen molar-refractivity contribution in [3.63, 3.8) is 0 Å². The molecule has 1 aliphatic rings. The Bertz CT molecular complexity index is 1100. The van der Waals surface area contributed by atoms with Crippen molar-refractivity contribution in [1.29, 1.82) is 5.26 Å². The number of Topliss-reactive ketones (excluding diaryl/α,β-unsaturated/α-hetero) is 1. The standard InChI is InChI=1S/C24H21N3O2S/c25-15-19-18-13-7-8-14-20(18)30-24(19)27-22(21(28)16-9-3-1-4-10-16)26-23(29)17-11-5-2-6-12-17/h1-6,9-12,22,27H,7-8,13-14H2,(H,26,29). The average Bonchev–Trinajstić information content (AvgIpc) is 3.16. The first-order chi connectivity index (χ1) is 14.7.